The first-order valence-electron chi connectivity index (χ1n) is 12.3. The molecule has 4 aliphatic rings. The summed E-state index contributed by atoms with van der Waals surface area (Å²) in [6.07, 6.45) is 17.9. The van der Waals surface area contributed by atoms with Crippen LogP contribution in [0.3, 0.4) is 0 Å². The zero-order valence-corrected chi connectivity index (χ0v) is 21.9. The van der Waals surface area contributed by atoms with Gasteiger partial charge in [0, 0.05) is 48.6 Å². The molecule has 2 nitrogen and oxygen atoms in total. The first-order chi connectivity index (χ1) is 17.7. The zero-order valence-electron chi connectivity index (χ0n) is 20.3. The number of allylic oxidation sites excluding steroid dienone is 6. The van der Waals surface area contributed by atoms with Gasteiger partial charge >= 0.3 is 0 Å². The number of thioether (sulfide) groups is 2. The minimum atomic E-state index is 0.288. The van der Waals surface area contributed by atoms with Gasteiger partial charge in [0.15, 0.2) is 0 Å². The van der Waals surface area contributed by atoms with Gasteiger partial charge in [-0.15, -0.1) is 0 Å². The summed E-state index contributed by atoms with van der Waals surface area (Å²) in [6.45, 7) is 4.30. The molecule has 2 unspecified atom stereocenters. The van der Waals surface area contributed by atoms with Gasteiger partial charge in [0.05, 0.1) is 0 Å². The third-order valence-electron chi connectivity index (χ3n) is 7.05. The van der Waals surface area contributed by atoms with E-state index in [4.69, 9.17) is 0 Å². The summed E-state index contributed by atoms with van der Waals surface area (Å²) in [5.74, 6) is 0. The van der Waals surface area contributed by atoms with Crippen LogP contribution in [0.4, 0.5) is 22.7 Å². The normalized spacial score (nSPS) is 21.3. The Balaban J connectivity index is 1.48. The quantitative estimate of drug-likeness (QED) is 0.327. The molecule has 2 heterocycles. The smallest absolute Gasteiger partial charge is 0.155 e. The van der Waals surface area contributed by atoms with Crippen molar-refractivity contribution < 1.29 is 0 Å². The number of rotatable bonds is 2. The Hall–Kier alpha value is -3.34. The summed E-state index contributed by atoms with van der Waals surface area (Å²) in [5.41, 5.74) is 10.2. The second kappa shape index (κ2) is 8.65. The van der Waals surface area contributed by atoms with Crippen molar-refractivity contribution in [2.24, 2.45) is 0 Å². The van der Waals surface area contributed by atoms with Crippen molar-refractivity contribution in [3.8, 4) is 0 Å². The van der Waals surface area contributed by atoms with E-state index in [1.165, 1.54) is 55.1 Å². The molecule has 0 bridgehead atoms. The molecule has 0 radical (unpaired) electrons. The van der Waals surface area contributed by atoms with E-state index in [0.29, 0.717) is 0 Å². The Morgan fingerprint density at radius 2 is 0.944 bits per heavy atom. The predicted molar refractivity (Wildman–Crippen MR) is 158 cm³/mol. The van der Waals surface area contributed by atoms with Crippen molar-refractivity contribution in [2.75, 3.05) is 0 Å². The maximum absolute atomic E-state index is 2.46. The lowest BCUT2D eigenvalue weighted by molar-refractivity contribution is 0.948. The Kier molecular flexibility index (Phi) is 5.26. The highest BCUT2D eigenvalue weighted by molar-refractivity contribution is 8.04. The van der Waals surface area contributed by atoms with Crippen molar-refractivity contribution in [2.45, 2.75) is 34.1 Å². The third-order valence-corrected chi connectivity index (χ3v) is 9.79. The van der Waals surface area contributed by atoms with Crippen LogP contribution in [-0.2, 0) is 0 Å². The highest BCUT2D eigenvalue weighted by Gasteiger charge is 2.43. The van der Waals surface area contributed by atoms with Gasteiger partial charge in [-0.1, -0.05) is 95.4 Å². The van der Waals surface area contributed by atoms with Crippen molar-refractivity contribution in [3.05, 3.63) is 120 Å². The van der Waals surface area contributed by atoms with Gasteiger partial charge in [0.1, 0.15) is 20.3 Å². The zero-order chi connectivity index (χ0) is 24.2. The van der Waals surface area contributed by atoms with Crippen molar-refractivity contribution in [1.82, 2.24) is 9.15 Å². The standard InChI is InChI=1S/C32H26N2S2/c1-21-11-15-23(16-12-21)33-25-7-3-5-9-29(25)35-31-27(33)19-20-28-32(31)36-30-10-6-4-8-26(30)34(28)24-17-13-22(2)14-18-24/h3-20,29-30H,1-2H3/q+2. The van der Waals surface area contributed by atoms with Crippen LogP contribution < -0.4 is 9.15 Å². The van der Waals surface area contributed by atoms with Gasteiger partial charge in [0.25, 0.3) is 0 Å². The van der Waals surface area contributed by atoms with Gasteiger partial charge in [-0.2, -0.15) is 9.15 Å². The molecule has 2 aliphatic heterocycles. The van der Waals surface area contributed by atoms with Crippen LogP contribution in [0.5, 0.6) is 0 Å². The van der Waals surface area contributed by atoms with Gasteiger partial charge in [0.2, 0.25) is 34.2 Å². The molecule has 2 atom stereocenters. The lowest BCUT2D eigenvalue weighted by Crippen LogP contribution is -2.32. The van der Waals surface area contributed by atoms with E-state index in [0.717, 1.165) is 0 Å². The molecule has 2 aliphatic carbocycles. The highest BCUT2D eigenvalue weighted by atomic mass is 32.2. The fourth-order valence-corrected chi connectivity index (χ4v) is 7.97. The lowest BCUT2D eigenvalue weighted by atomic mass is 10.1. The van der Waals surface area contributed by atoms with E-state index in [9.17, 15) is 0 Å². The van der Waals surface area contributed by atoms with E-state index in [1.54, 1.807) is 0 Å². The van der Waals surface area contributed by atoms with E-state index in [1.807, 2.05) is 23.5 Å². The van der Waals surface area contributed by atoms with Gasteiger partial charge in [-0.3, -0.25) is 0 Å². The summed E-state index contributed by atoms with van der Waals surface area (Å²) in [5, 5.41) is 0.576. The molecular weight excluding hydrogens is 477 g/mol. The van der Waals surface area contributed by atoms with Crippen LogP contribution in [0.15, 0.2) is 119 Å². The molecule has 0 N–H and O–H groups in total. The Labute approximate surface area is 220 Å². The summed E-state index contributed by atoms with van der Waals surface area (Å²) in [6, 6.07) is 22.5. The predicted octanol–water partition coefficient (Wildman–Crippen LogP) is 8.06. The molecule has 3 aromatic rings. The molecular formula is C32H26N2S2+2. The maximum Gasteiger partial charge on any atom is 0.226 e. The lowest BCUT2D eigenvalue weighted by Gasteiger charge is -2.27. The van der Waals surface area contributed by atoms with Crippen molar-refractivity contribution in [3.63, 3.8) is 0 Å². The number of nitrogens with zero attached hydrogens (tertiary/aromatic N) is 2. The molecule has 36 heavy (non-hydrogen) atoms. The van der Waals surface area contributed by atoms with E-state index < -0.39 is 0 Å². The van der Waals surface area contributed by atoms with Crippen molar-refractivity contribution in [1.29, 1.82) is 0 Å². The molecule has 0 saturated carbocycles. The molecule has 0 aromatic heterocycles. The topological polar surface area (TPSA) is 6.02 Å². The first-order valence-corrected chi connectivity index (χ1v) is 14.1. The SMILES string of the molecule is Cc1ccc([N+]2=C3C=CC=CC3Sc3c2ccc2c3SC3C=CC=CC3=[N+]2c2ccc(C)cc2)cc1. The molecule has 174 valence electrons. The first kappa shape index (κ1) is 21.9. The molecule has 0 saturated heterocycles. The average Bonchev–Trinajstić information content (AvgIpc) is 2.92. The van der Waals surface area contributed by atoms with Crippen LogP contribution >= 0.6 is 23.5 Å². The number of fused-ring (bicyclic) bond motifs is 5. The molecule has 0 fully saturated rings. The summed E-state index contributed by atoms with van der Waals surface area (Å²) >= 11 is 3.96. The van der Waals surface area contributed by atoms with Crippen LogP contribution in [-0.4, -0.2) is 21.9 Å². The van der Waals surface area contributed by atoms with E-state index in [-0.39, 0.29) is 10.5 Å². The van der Waals surface area contributed by atoms with Crippen LogP contribution in [0.2, 0.25) is 0 Å². The molecule has 4 heteroatoms. The van der Waals surface area contributed by atoms with E-state index >= 15 is 0 Å². The average molecular weight is 503 g/mol. The molecule has 7 rings (SSSR count). The van der Waals surface area contributed by atoms with E-state index in [2.05, 4.69) is 132 Å². The second-order valence-electron chi connectivity index (χ2n) is 9.52. The Morgan fingerprint density at radius 3 is 1.36 bits per heavy atom. The number of benzene rings is 3. The number of hydrogen-bond donors (Lipinski definition) is 0. The Bertz CT molecular complexity index is 1460. The second-order valence-corrected chi connectivity index (χ2v) is 11.8. The summed E-state index contributed by atoms with van der Waals surface area (Å²) in [7, 11) is 0. The number of aryl methyl sites for hydroxylation is 2. The highest BCUT2D eigenvalue weighted by Crippen LogP contribution is 2.52. The molecule has 0 amide bonds. The monoisotopic (exact) mass is 502 g/mol. The molecule has 0 spiro atoms. The van der Waals surface area contributed by atoms with Gasteiger partial charge < -0.3 is 0 Å². The minimum Gasteiger partial charge on any atom is -0.155 e. The summed E-state index contributed by atoms with van der Waals surface area (Å²) < 4.78 is 4.92. The minimum absolute atomic E-state index is 0.288. The Morgan fingerprint density at radius 1 is 0.528 bits per heavy atom. The van der Waals surface area contributed by atoms with Crippen LogP contribution in [0.25, 0.3) is 0 Å². The fourth-order valence-electron chi connectivity index (χ4n) is 5.25. The fraction of sp³-hybridized carbons (Fsp3) is 0.125. The maximum atomic E-state index is 2.46. The molecule has 3 aromatic carbocycles. The van der Waals surface area contributed by atoms with Crippen LogP contribution in [0, 0.1) is 13.8 Å². The number of hydrogen-bond acceptors (Lipinski definition) is 2. The van der Waals surface area contributed by atoms with Crippen LogP contribution in [0.1, 0.15) is 11.1 Å². The largest absolute Gasteiger partial charge is 0.226 e. The van der Waals surface area contributed by atoms with Gasteiger partial charge in [-0.05, 0) is 13.8 Å². The third kappa shape index (κ3) is 3.51. The van der Waals surface area contributed by atoms with Gasteiger partial charge in [-0.25, -0.2) is 0 Å². The summed E-state index contributed by atoms with van der Waals surface area (Å²) in [4.78, 5) is 2.73. The van der Waals surface area contributed by atoms with Crippen molar-refractivity contribution >= 4 is 57.7 Å².